The summed E-state index contributed by atoms with van der Waals surface area (Å²) in [5.74, 6) is 0.175. The number of hydrogen-bond donors (Lipinski definition) is 4. The minimum Gasteiger partial charge on any atom is -0.386 e. The molecular weight excluding hydrogens is 305 g/mol. The lowest BCUT2D eigenvalue weighted by atomic mass is 10.2. The quantitative estimate of drug-likeness (QED) is 0.504. The molecule has 3 atom stereocenters. The highest BCUT2D eigenvalue weighted by atomic mass is 31.2. The van der Waals surface area contributed by atoms with Gasteiger partial charge in [-0.3, -0.25) is 9.09 Å². The lowest BCUT2D eigenvalue weighted by molar-refractivity contribution is -0.0161. The Labute approximate surface area is 117 Å². The second-order valence-electron chi connectivity index (χ2n) is 4.43. The van der Waals surface area contributed by atoms with E-state index in [2.05, 4.69) is 19.5 Å². The molecule has 0 spiro atoms. The maximum Gasteiger partial charge on any atom is 0.470 e. The van der Waals surface area contributed by atoms with Gasteiger partial charge in [-0.1, -0.05) is 0 Å². The number of anilines is 1. The van der Waals surface area contributed by atoms with Gasteiger partial charge < -0.3 is 25.4 Å². The van der Waals surface area contributed by atoms with Crippen LogP contribution in [0.15, 0.2) is 12.7 Å². The number of phosphoric acid groups is 1. The highest BCUT2D eigenvalue weighted by molar-refractivity contribution is 7.46. The van der Waals surface area contributed by atoms with Crippen LogP contribution in [0.5, 0.6) is 0 Å². The summed E-state index contributed by atoms with van der Waals surface area (Å²) >= 11 is 0. The summed E-state index contributed by atoms with van der Waals surface area (Å²) in [6.07, 6.45) is -0.816. The van der Waals surface area contributed by atoms with E-state index in [1.807, 2.05) is 0 Å². The second-order valence-corrected chi connectivity index (χ2v) is 5.62. The van der Waals surface area contributed by atoms with Gasteiger partial charge in [0.15, 0.2) is 17.7 Å². The second kappa shape index (κ2) is 4.98. The van der Waals surface area contributed by atoms with Gasteiger partial charge in [-0.2, -0.15) is 0 Å². The van der Waals surface area contributed by atoms with Crippen molar-refractivity contribution in [3.8, 4) is 0 Å². The summed E-state index contributed by atoms with van der Waals surface area (Å²) in [5.41, 5.74) is 6.33. The van der Waals surface area contributed by atoms with Crippen molar-refractivity contribution in [1.82, 2.24) is 19.5 Å². The molecule has 2 aromatic heterocycles. The smallest absolute Gasteiger partial charge is 0.386 e. The maximum absolute atomic E-state index is 10.8. The SMILES string of the molecule is Nc1ncnc2c1ncn2[C@@H]1OC[C@H](OP(=O)(O)O)[C@H]1O. The summed E-state index contributed by atoms with van der Waals surface area (Å²) < 4.78 is 22.0. The molecule has 12 heteroatoms. The molecule has 0 bridgehead atoms. The fourth-order valence-corrected chi connectivity index (χ4v) is 2.68. The molecule has 114 valence electrons. The average molecular weight is 317 g/mol. The highest BCUT2D eigenvalue weighted by Crippen LogP contribution is 2.41. The first-order valence-corrected chi connectivity index (χ1v) is 7.36. The van der Waals surface area contributed by atoms with Crippen LogP contribution < -0.4 is 5.73 Å². The van der Waals surface area contributed by atoms with E-state index in [-0.39, 0.29) is 12.4 Å². The number of imidazole rings is 1. The Morgan fingerprint density at radius 3 is 2.90 bits per heavy atom. The van der Waals surface area contributed by atoms with Crippen molar-refractivity contribution in [1.29, 1.82) is 0 Å². The van der Waals surface area contributed by atoms with Gasteiger partial charge >= 0.3 is 7.82 Å². The van der Waals surface area contributed by atoms with Gasteiger partial charge in [0, 0.05) is 0 Å². The first-order valence-electron chi connectivity index (χ1n) is 5.83. The molecule has 1 aliphatic heterocycles. The monoisotopic (exact) mass is 317 g/mol. The van der Waals surface area contributed by atoms with Crippen molar-refractivity contribution in [2.45, 2.75) is 18.4 Å². The van der Waals surface area contributed by atoms with E-state index in [1.165, 1.54) is 17.2 Å². The van der Waals surface area contributed by atoms with E-state index < -0.39 is 26.3 Å². The van der Waals surface area contributed by atoms with Crippen LogP contribution in [0.2, 0.25) is 0 Å². The normalized spacial score (nSPS) is 26.5. The Morgan fingerprint density at radius 2 is 2.19 bits per heavy atom. The Hall–Kier alpha value is -1.62. The third-order valence-corrected chi connectivity index (χ3v) is 3.58. The predicted molar refractivity (Wildman–Crippen MR) is 67.6 cm³/mol. The molecule has 11 nitrogen and oxygen atoms in total. The lowest BCUT2D eigenvalue weighted by Crippen LogP contribution is -2.30. The van der Waals surface area contributed by atoms with Crippen molar-refractivity contribution in [2.75, 3.05) is 12.3 Å². The molecule has 0 radical (unpaired) electrons. The molecule has 1 saturated heterocycles. The Bertz CT molecular complexity index is 716. The number of ether oxygens (including phenoxy) is 1. The van der Waals surface area contributed by atoms with E-state index in [0.717, 1.165) is 0 Å². The first kappa shape index (κ1) is 14.3. The molecule has 2 aromatic rings. The first-order chi connectivity index (χ1) is 9.87. The summed E-state index contributed by atoms with van der Waals surface area (Å²) in [7, 11) is -4.72. The van der Waals surface area contributed by atoms with Crippen LogP contribution in [0.1, 0.15) is 6.23 Å². The largest absolute Gasteiger partial charge is 0.470 e. The van der Waals surface area contributed by atoms with Crippen LogP contribution >= 0.6 is 7.82 Å². The number of nitrogen functional groups attached to an aromatic ring is 1. The number of fused-ring (bicyclic) bond motifs is 1. The summed E-state index contributed by atoms with van der Waals surface area (Å²) in [6.45, 7) is -0.183. The fraction of sp³-hybridized carbons (Fsp3) is 0.444. The molecule has 3 rings (SSSR count). The number of rotatable bonds is 3. The van der Waals surface area contributed by atoms with Gasteiger partial charge in [-0.25, -0.2) is 19.5 Å². The van der Waals surface area contributed by atoms with Crippen LogP contribution in [0.4, 0.5) is 5.82 Å². The van der Waals surface area contributed by atoms with Crippen molar-refractivity contribution >= 4 is 24.8 Å². The van der Waals surface area contributed by atoms with Gasteiger partial charge in [0.05, 0.1) is 12.9 Å². The number of aromatic nitrogens is 4. The zero-order valence-electron chi connectivity index (χ0n) is 10.5. The summed E-state index contributed by atoms with van der Waals surface area (Å²) in [5, 5.41) is 10.1. The third-order valence-electron chi connectivity index (χ3n) is 3.04. The third kappa shape index (κ3) is 2.62. The van der Waals surface area contributed by atoms with E-state index >= 15 is 0 Å². The number of nitrogens with two attached hydrogens (primary N) is 1. The van der Waals surface area contributed by atoms with E-state index in [0.29, 0.717) is 11.2 Å². The Balaban J connectivity index is 1.90. The zero-order valence-corrected chi connectivity index (χ0v) is 11.4. The molecule has 0 saturated carbocycles. The predicted octanol–water partition coefficient (Wildman–Crippen LogP) is -1.22. The molecule has 1 fully saturated rings. The molecule has 5 N–H and O–H groups in total. The topological polar surface area (TPSA) is 166 Å². The molecule has 21 heavy (non-hydrogen) atoms. The number of aliphatic hydroxyl groups excluding tert-OH is 1. The van der Waals surface area contributed by atoms with Crippen LogP contribution in [-0.2, 0) is 13.8 Å². The minimum atomic E-state index is -4.72. The van der Waals surface area contributed by atoms with Crippen LogP contribution in [0.3, 0.4) is 0 Å². The van der Waals surface area contributed by atoms with E-state index in [9.17, 15) is 9.67 Å². The van der Waals surface area contributed by atoms with Gasteiger partial charge in [0.25, 0.3) is 0 Å². The number of hydrogen-bond acceptors (Lipinski definition) is 8. The number of aliphatic hydroxyl groups is 1. The number of phosphoric ester groups is 1. The number of nitrogens with zero attached hydrogens (tertiary/aromatic N) is 4. The van der Waals surface area contributed by atoms with Gasteiger partial charge in [0.2, 0.25) is 0 Å². The minimum absolute atomic E-state index is 0.175. The van der Waals surface area contributed by atoms with E-state index in [4.69, 9.17) is 20.3 Å². The summed E-state index contributed by atoms with van der Waals surface area (Å²) in [6, 6.07) is 0. The molecule has 0 amide bonds. The van der Waals surface area contributed by atoms with Gasteiger partial charge in [0.1, 0.15) is 24.1 Å². The highest BCUT2D eigenvalue weighted by Gasteiger charge is 2.42. The Morgan fingerprint density at radius 1 is 1.43 bits per heavy atom. The van der Waals surface area contributed by atoms with Crippen LogP contribution in [0, 0.1) is 0 Å². The van der Waals surface area contributed by atoms with Crippen molar-refractivity contribution < 1.29 is 28.7 Å². The van der Waals surface area contributed by atoms with Crippen molar-refractivity contribution in [3.05, 3.63) is 12.7 Å². The zero-order chi connectivity index (χ0) is 15.2. The van der Waals surface area contributed by atoms with Crippen LogP contribution in [0.25, 0.3) is 11.2 Å². The molecule has 1 aliphatic rings. The van der Waals surface area contributed by atoms with Gasteiger partial charge in [-0.05, 0) is 0 Å². The molecule has 3 heterocycles. The molecule has 0 aromatic carbocycles. The lowest BCUT2D eigenvalue weighted by Gasteiger charge is -2.19. The van der Waals surface area contributed by atoms with Gasteiger partial charge in [-0.15, -0.1) is 0 Å². The molecular formula is C9H12N5O6P. The Kier molecular flexibility index (Phi) is 3.40. The van der Waals surface area contributed by atoms with Crippen molar-refractivity contribution in [3.63, 3.8) is 0 Å². The average Bonchev–Trinajstić information content (AvgIpc) is 2.94. The molecule has 0 unspecified atom stereocenters. The van der Waals surface area contributed by atoms with Crippen molar-refractivity contribution in [2.24, 2.45) is 0 Å². The van der Waals surface area contributed by atoms with E-state index in [1.54, 1.807) is 0 Å². The molecule has 0 aliphatic carbocycles. The van der Waals surface area contributed by atoms with Crippen LogP contribution in [-0.4, -0.2) is 53.2 Å². The summed E-state index contributed by atoms with van der Waals surface area (Å²) in [4.78, 5) is 29.4. The maximum atomic E-state index is 10.8. The standard InChI is InChI=1S/C9H12N5O6P/c10-7-5-8(12-2-11-7)14(3-13-5)9-6(15)4(1-19-9)20-21(16,17)18/h2-4,6,9,15H,1H2,(H2,10,11,12)(H2,16,17,18)/t4-,6+,9+/m0/s1. The fourth-order valence-electron chi connectivity index (χ4n) is 2.14.